The van der Waals surface area contributed by atoms with E-state index in [0.29, 0.717) is 37.4 Å². The van der Waals surface area contributed by atoms with Gasteiger partial charge >= 0.3 is 6.09 Å². The molecule has 6 heteroatoms. The number of likely N-dealkylation sites (tertiary alicyclic amines) is 1. The van der Waals surface area contributed by atoms with E-state index in [1.54, 1.807) is 13.0 Å². The molecule has 0 aromatic carbocycles. The SMILES string of the molecule is Cc1occc1C(=O)N1CCC[C@@]2(CC1)CNC(=O)O2. The van der Waals surface area contributed by atoms with Gasteiger partial charge in [-0.25, -0.2) is 4.79 Å². The molecule has 20 heavy (non-hydrogen) atoms. The molecular formula is C14H18N2O4. The molecular weight excluding hydrogens is 260 g/mol. The summed E-state index contributed by atoms with van der Waals surface area (Å²) < 4.78 is 10.6. The molecule has 1 aromatic rings. The minimum atomic E-state index is -0.433. The van der Waals surface area contributed by atoms with E-state index in [0.717, 1.165) is 12.8 Å². The molecule has 2 amide bonds. The molecule has 0 bridgehead atoms. The normalized spacial score (nSPS) is 26.2. The summed E-state index contributed by atoms with van der Waals surface area (Å²) in [5, 5.41) is 2.71. The van der Waals surface area contributed by atoms with Gasteiger partial charge in [-0.2, -0.15) is 0 Å². The Kier molecular flexibility index (Phi) is 3.16. The predicted octanol–water partition coefficient (Wildman–Crippen LogP) is 1.69. The zero-order chi connectivity index (χ0) is 14.2. The van der Waals surface area contributed by atoms with Crippen molar-refractivity contribution >= 4 is 12.0 Å². The highest BCUT2D eigenvalue weighted by molar-refractivity contribution is 5.95. The van der Waals surface area contributed by atoms with Crippen molar-refractivity contribution in [1.82, 2.24) is 10.2 Å². The summed E-state index contributed by atoms with van der Waals surface area (Å²) >= 11 is 0. The fourth-order valence-corrected chi connectivity index (χ4v) is 2.93. The van der Waals surface area contributed by atoms with Crippen LogP contribution in [0.3, 0.4) is 0 Å². The minimum Gasteiger partial charge on any atom is -0.469 e. The average Bonchev–Trinajstić information content (AvgIpc) is 2.93. The van der Waals surface area contributed by atoms with E-state index in [9.17, 15) is 9.59 Å². The van der Waals surface area contributed by atoms with Crippen molar-refractivity contribution in [3.05, 3.63) is 23.7 Å². The van der Waals surface area contributed by atoms with Gasteiger partial charge in [0.05, 0.1) is 18.4 Å². The first-order chi connectivity index (χ1) is 9.60. The molecule has 1 atom stereocenters. The highest BCUT2D eigenvalue weighted by Gasteiger charge is 2.42. The van der Waals surface area contributed by atoms with E-state index in [-0.39, 0.29) is 12.0 Å². The summed E-state index contributed by atoms with van der Waals surface area (Å²) in [7, 11) is 0. The molecule has 2 saturated heterocycles. The molecule has 0 saturated carbocycles. The topological polar surface area (TPSA) is 71.8 Å². The van der Waals surface area contributed by atoms with E-state index >= 15 is 0 Å². The maximum absolute atomic E-state index is 12.4. The van der Waals surface area contributed by atoms with Crippen LogP contribution in [-0.4, -0.2) is 42.1 Å². The number of carbonyl (C=O) groups excluding carboxylic acids is 2. The van der Waals surface area contributed by atoms with Crippen LogP contribution in [0.15, 0.2) is 16.7 Å². The van der Waals surface area contributed by atoms with E-state index in [4.69, 9.17) is 9.15 Å². The summed E-state index contributed by atoms with van der Waals surface area (Å²) in [6.45, 7) is 3.61. The van der Waals surface area contributed by atoms with E-state index in [1.807, 2.05) is 4.90 Å². The Labute approximate surface area is 117 Å². The van der Waals surface area contributed by atoms with Gasteiger partial charge in [-0.1, -0.05) is 0 Å². The fourth-order valence-electron chi connectivity index (χ4n) is 2.93. The Morgan fingerprint density at radius 1 is 1.40 bits per heavy atom. The first kappa shape index (κ1) is 13.0. The number of aryl methyl sites for hydroxylation is 1. The van der Waals surface area contributed by atoms with Crippen LogP contribution in [0.5, 0.6) is 0 Å². The molecule has 108 valence electrons. The molecule has 0 radical (unpaired) electrons. The lowest BCUT2D eigenvalue weighted by Gasteiger charge is -2.24. The Hall–Kier alpha value is -1.98. The number of nitrogens with zero attached hydrogens (tertiary/aromatic N) is 1. The van der Waals surface area contributed by atoms with Crippen molar-refractivity contribution in [2.45, 2.75) is 31.8 Å². The summed E-state index contributed by atoms with van der Waals surface area (Å²) in [6.07, 6.45) is 3.48. The van der Waals surface area contributed by atoms with Crippen LogP contribution in [0.2, 0.25) is 0 Å². The van der Waals surface area contributed by atoms with Gasteiger partial charge in [-0.15, -0.1) is 0 Å². The van der Waals surface area contributed by atoms with Gasteiger partial charge < -0.3 is 19.4 Å². The Morgan fingerprint density at radius 2 is 2.25 bits per heavy atom. The van der Waals surface area contributed by atoms with Gasteiger partial charge in [0.2, 0.25) is 0 Å². The molecule has 3 heterocycles. The molecule has 0 aliphatic carbocycles. The summed E-state index contributed by atoms with van der Waals surface area (Å²) in [4.78, 5) is 25.5. The second kappa shape index (κ2) is 4.85. The molecule has 1 N–H and O–H groups in total. The molecule has 2 fully saturated rings. The number of rotatable bonds is 1. The molecule has 6 nitrogen and oxygen atoms in total. The maximum atomic E-state index is 12.4. The zero-order valence-corrected chi connectivity index (χ0v) is 11.5. The van der Waals surface area contributed by atoms with E-state index in [1.165, 1.54) is 6.26 Å². The quantitative estimate of drug-likeness (QED) is 0.848. The van der Waals surface area contributed by atoms with Gasteiger partial charge in [0.1, 0.15) is 11.4 Å². The number of carbonyl (C=O) groups is 2. The number of ether oxygens (including phenoxy) is 1. The van der Waals surface area contributed by atoms with Gasteiger partial charge in [0.15, 0.2) is 0 Å². The summed E-state index contributed by atoms with van der Waals surface area (Å²) in [5.41, 5.74) is 0.180. The van der Waals surface area contributed by atoms with Crippen molar-refractivity contribution in [1.29, 1.82) is 0 Å². The first-order valence-electron chi connectivity index (χ1n) is 6.90. The zero-order valence-electron chi connectivity index (χ0n) is 11.5. The van der Waals surface area contributed by atoms with Crippen molar-refractivity contribution in [2.75, 3.05) is 19.6 Å². The standard InChI is InChI=1S/C14H18N2O4/c1-10-11(3-8-19-10)12(17)16-6-2-4-14(5-7-16)9-15-13(18)20-14/h3,8H,2,4-7,9H2,1H3,(H,15,18)/t14-/m1/s1. The average molecular weight is 278 g/mol. The van der Waals surface area contributed by atoms with Crippen LogP contribution in [0.4, 0.5) is 4.79 Å². The predicted molar refractivity (Wildman–Crippen MR) is 70.4 cm³/mol. The molecule has 0 unspecified atom stereocenters. The Bertz CT molecular complexity index is 539. The Morgan fingerprint density at radius 3 is 2.90 bits per heavy atom. The number of furan rings is 1. The van der Waals surface area contributed by atoms with Crippen LogP contribution in [0, 0.1) is 6.92 Å². The Balaban J connectivity index is 1.70. The highest BCUT2D eigenvalue weighted by Crippen LogP contribution is 2.30. The molecule has 3 rings (SSSR count). The molecule has 1 aromatic heterocycles. The van der Waals surface area contributed by atoms with Crippen LogP contribution in [0.25, 0.3) is 0 Å². The van der Waals surface area contributed by atoms with Crippen LogP contribution >= 0.6 is 0 Å². The maximum Gasteiger partial charge on any atom is 0.407 e. The van der Waals surface area contributed by atoms with Crippen LogP contribution < -0.4 is 5.32 Å². The first-order valence-corrected chi connectivity index (χ1v) is 6.90. The third kappa shape index (κ3) is 2.26. The number of hydrogen-bond donors (Lipinski definition) is 1. The second-order valence-corrected chi connectivity index (χ2v) is 5.46. The van der Waals surface area contributed by atoms with Crippen LogP contribution in [0.1, 0.15) is 35.4 Å². The molecule has 2 aliphatic rings. The highest BCUT2D eigenvalue weighted by atomic mass is 16.6. The van der Waals surface area contributed by atoms with Gasteiger partial charge in [0.25, 0.3) is 5.91 Å². The second-order valence-electron chi connectivity index (χ2n) is 5.46. The summed E-state index contributed by atoms with van der Waals surface area (Å²) in [6, 6.07) is 1.70. The monoisotopic (exact) mass is 278 g/mol. The summed E-state index contributed by atoms with van der Waals surface area (Å²) in [5.74, 6) is 0.633. The molecule has 2 aliphatic heterocycles. The van der Waals surface area contributed by atoms with Crippen molar-refractivity contribution in [3.8, 4) is 0 Å². The largest absolute Gasteiger partial charge is 0.469 e. The lowest BCUT2D eigenvalue weighted by molar-refractivity contribution is 0.0438. The number of nitrogens with one attached hydrogen (secondary N) is 1. The smallest absolute Gasteiger partial charge is 0.407 e. The van der Waals surface area contributed by atoms with Gasteiger partial charge in [-0.05, 0) is 25.8 Å². The number of hydrogen-bond acceptors (Lipinski definition) is 4. The number of amides is 2. The van der Waals surface area contributed by atoms with E-state index in [2.05, 4.69) is 5.32 Å². The number of alkyl carbamates (subject to hydrolysis) is 1. The minimum absolute atomic E-state index is 0.00872. The third-order valence-electron chi connectivity index (χ3n) is 4.14. The van der Waals surface area contributed by atoms with Crippen molar-refractivity contribution in [2.24, 2.45) is 0 Å². The van der Waals surface area contributed by atoms with E-state index < -0.39 is 5.60 Å². The van der Waals surface area contributed by atoms with Gasteiger partial charge in [0, 0.05) is 19.5 Å². The van der Waals surface area contributed by atoms with Crippen LogP contribution in [-0.2, 0) is 4.74 Å². The third-order valence-corrected chi connectivity index (χ3v) is 4.14. The van der Waals surface area contributed by atoms with Gasteiger partial charge in [-0.3, -0.25) is 4.79 Å². The lowest BCUT2D eigenvalue weighted by Crippen LogP contribution is -2.36. The van der Waals surface area contributed by atoms with Crippen molar-refractivity contribution < 1.29 is 18.7 Å². The lowest BCUT2D eigenvalue weighted by atomic mass is 9.95. The van der Waals surface area contributed by atoms with Crippen molar-refractivity contribution in [3.63, 3.8) is 0 Å². The fraction of sp³-hybridized carbons (Fsp3) is 0.571. The molecule has 1 spiro atoms.